The molecule has 0 aliphatic carbocycles. The number of carbonyl (C=O) groups excluding carboxylic acids is 1. The Morgan fingerprint density at radius 1 is 1.48 bits per heavy atom. The number of esters is 1. The molecule has 0 saturated heterocycles. The monoisotopic (exact) mass is 352 g/mol. The van der Waals surface area contributed by atoms with Crippen molar-refractivity contribution in [3.8, 4) is 0 Å². The van der Waals surface area contributed by atoms with Crippen LogP contribution in [0.4, 0.5) is 21.5 Å². The summed E-state index contributed by atoms with van der Waals surface area (Å²) in [5, 5.41) is 6.31. The number of anilines is 2. The number of nitrogens with zero attached hydrogens (tertiary/aromatic N) is 3. The fourth-order valence-corrected chi connectivity index (χ4v) is 2.31. The van der Waals surface area contributed by atoms with Crippen molar-refractivity contribution in [2.75, 3.05) is 12.4 Å². The number of azide groups is 1. The van der Waals surface area contributed by atoms with Gasteiger partial charge in [-0.3, -0.25) is 0 Å². The molecule has 0 aromatic heterocycles. The highest BCUT2D eigenvalue weighted by molar-refractivity contribution is 7.80. The highest BCUT2D eigenvalue weighted by Gasteiger charge is 2.22. The van der Waals surface area contributed by atoms with E-state index in [0.29, 0.717) is 10.7 Å². The Morgan fingerprint density at radius 2 is 2.17 bits per heavy atom. The molecule has 0 aliphatic rings. The van der Waals surface area contributed by atoms with Crippen LogP contribution in [0, 0.1) is 5.82 Å². The van der Waals surface area contributed by atoms with Gasteiger partial charge in [-0.1, -0.05) is 28.8 Å². The van der Waals surface area contributed by atoms with E-state index in [4.69, 9.17) is 17.1 Å². The summed E-state index contributed by atoms with van der Waals surface area (Å²) in [6, 6.07) is 7.84. The Kier molecular flexibility index (Phi) is 5.33. The summed E-state index contributed by atoms with van der Waals surface area (Å²) in [7, 11) is 1.17. The van der Waals surface area contributed by atoms with Crippen molar-refractivity contribution in [2.45, 2.75) is 4.90 Å². The smallest absolute Gasteiger partial charge is 0.340 e. The Balaban J connectivity index is 2.67. The number of hydrogen-bond donors (Lipinski definition) is 2. The Morgan fingerprint density at radius 3 is 2.78 bits per heavy atom. The molecule has 118 valence electrons. The molecule has 0 bridgehead atoms. The molecule has 23 heavy (non-hydrogen) atoms. The van der Waals surface area contributed by atoms with Crippen LogP contribution in [-0.4, -0.2) is 13.1 Å². The topological polar surface area (TPSA) is 87.1 Å². The summed E-state index contributed by atoms with van der Waals surface area (Å²) < 4.78 is 19.3. The normalized spacial score (nSPS) is 9.91. The first kappa shape index (κ1) is 17.0. The molecule has 2 rings (SSSR count). The van der Waals surface area contributed by atoms with Gasteiger partial charge in [0.1, 0.15) is 0 Å². The van der Waals surface area contributed by atoms with Crippen LogP contribution in [0.2, 0.25) is 5.02 Å². The van der Waals surface area contributed by atoms with E-state index in [1.165, 1.54) is 13.2 Å². The van der Waals surface area contributed by atoms with Gasteiger partial charge in [0, 0.05) is 9.81 Å². The maximum Gasteiger partial charge on any atom is 0.340 e. The van der Waals surface area contributed by atoms with E-state index >= 15 is 0 Å². The van der Waals surface area contributed by atoms with Crippen LogP contribution in [-0.2, 0) is 4.74 Å². The number of thiol groups is 1. The predicted molar refractivity (Wildman–Crippen MR) is 88.5 cm³/mol. The third kappa shape index (κ3) is 3.50. The lowest BCUT2D eigenvalue weighted by Crippen LogP contribution is -2.08. The van der Waals surface area contributed by atoms with Crippen molar-refractivity contribution in [3.63, 3.8) is 0 Å². The van der Waals surface area contributed by atoms with Crippen molar-refractivity contribution < 1.29 is 13.9 Å². The van der Waals surface area contributed by atoms with Crippen LogP contribution >= 0.6 is 24.2 Å². The second kappa shape index (κ2) is 7.23. The predicted octanol–water partition coefficient (Wildman–Crippen LogP) is 5.24. The zero-order valence-corrected chi connectivity index (χ0v) is 13.4. The van der Waals surface area contributed by atoms with Gasteiger partial charge in [0.25, 0.3) is 0 Å². The molecule has 0 fully saturated rings. The van der Waals surface area contributed by atoms with Crippen LogP contribution < -0.4 is 5.32 Å². The van der Waals surface area contributed by atoms with E-state index in [2.05, 4.69) is 32.7 Å². The summed E-state index contributed by atoms with van der Waals surface area (Å²) >= 11 is 10.1. The van der Waals surface area contributed by atoms with E-state index in [1.54, 1.807) is 24.3 Å². The minimum absolute atomic E-state index is 0.00501. The molecule has 9 heteroatoms. The van der Waals surface area contributed by atoms with Gasteiger partial charge in [-0.05, 0) is 23.7 Å². The van der Waals surface area contributed by atoms with Crippen LogP contribution in [0.3, 0.4) is 0 Å². The van der Waals surface area contributed by atoms with E-state index in [-0.39, 0.29) is 21.8 Å². The fourth-order valence-electron chi connectivity index (χ4n) is 1.86. The van der Waals surface area contributed by atoms with E-state index in [0.717, 1.165) is 0 Å². The molecule has 2 aromatic carbocycles. The van der Waals surface area contributed by atoms with Crippen LogP contribution in [0.5, 0.6) is 0 Å². The second-order valence-corrected chi connectivity index (χ2v) is 5.16. The average molecular weight is 353 g/mol. The number of para-hydroxylation sites is 1. The van der Waals surface area contributed by atoms with Gasteiger partial charge in [-0.25, -0.2) is 9.18 Å². The highest BCUT2D eigenvalue weighted by atomic mass is 35.5. The van der Waals surface area contributed by atoms with Crippen LogP contribution in [0.25, 0.3) is 10.4 Å². The molecular formula is C14H10ClFN4O2S. The molecule has 6 nitrogen and oxygen atoms in total. The van der Waals surface area contributed by atoms with Crippen molar-refractivity contribution in [1.82, 2.24) is 0 Å². The van der Waals surface area contributed by atoms with Crippen molar-refractivity contribution in [1.29, 1.82) is 0 Å². The van der Waals surface area contributed by atoms with Crippen molar-refractivity contribution in [2.24, 2.45) is 5.11 Å². The number of rotatable bonds is 4. The van der Waals surface area contributed by atoms with E-state index in [1.807, 2.05) is 0 Å². The molecule has 0 radical (unpaired) electrons. The van der Waals surface area contributed by atoms with E-state index in [9.17, 15) is 9.18 Å². The highest BCUT2D eigenvalue weighted by Crippen LogP contribution is 2.38. The summed E-state index contributed by atoms with van der Waals surface area (Å²) in [6.45, 7) is 0. The first-order valence-electron chi connectivity index (χ1n) is 6.20. The first-order chi connectivity index (χ1) is 11.0. The fraction of sp³-hybridized carbons (Fsp3) is 0.0714. The Labute approximate surface area is 141 Å². The molecule has 0 spiro atoms. The van der Waals surface area contributed by atoms with Crippen LogP contribution in [0.15, 0.2) is 40.3 Å². The number of ether oxygens (including phenoxy) is 1. The van der Waals surface area contributed by atoms with E-state index < -0.39 is 11.8 Å². The molecule has 0 amide bonds. The standard InChI is InChI=1S/C14H10ClFN4O2S/c1-22-14(21)7-6-10(23)13(19-20-17)11(16)12(7)18-9-5-3-2-4-8(9)15/h2-6,18,23H,1H3. The van der Waals surface area contributed by atoms with Gasteiger partial charge in [0.05, 0.1) is 34.8 Å². The lowest BCUT2D eigenvalue weighted by Gasteiger charge is -2.15. The summed E-state index contributed by atoms with van der Waals surface area (Å²) in [6.07, 6.45) is 0. The van der Waals surface area contributed by atoms with Gasteiger partial charge in [0.15, 0.2) is 5.82 Å². The number of methoxy groups -OCH3 is 1. The van der Waals surface area contributed by atoms with Gasteiger partial charge < -0.3 is 10.1 Å². The SMILES string of the molecule is COC(=O)c1cc(S)c(N=[N+]=[N-])c(F)c1Nc1ccccc1Cl. The van der Waals surface area contributed by atoms with Gasteiger partial charge in [0.2, 0.25) is 0 Å². The second-order valence-electron chi connectivity index (χ2n) is 4.27. The summed E-state index contributed by atoms with van der Waals surface area (Å²) in [4.78, 5) is 14.4. The minimum atomic E-state index is -0.935. The number of hydrogen-bond acceptors (Lipinski definition) is 5. The molecule has 0 aliphatic heterocycles. The summed E-state index contributed by atoms with van der Waals surface area (Å²) in [5.41, 5.74) is 8.26. The lowest BCUT2D eigenvalue weighted by atomic mass is 10.1. The molecule has 2 aromatic rings. The van der Waals surface area contributed by atoms with Gasteiger partial charge >= 0.3 is 5.97 Å². The van der Waals surface area contributed by atoms with Gasteiger partial charge in [-0.15, -0.1) is 12.6 Å². The number of carbonyl (C=O) groups is 1. The third-order valence-corrected chi connectivity index (χ3v) is 3.57. The Hall–Kier alpha value is -2.41. The lowest BCUT2D eigenvalue weighted by molar-refractivity contribution is 0.0601. The maximum absolute atomic E-state index is 14.7. The minimum Gasteiger partial charge on any atom is -0.465 e. The number of nitrogens with one attached hydrogen (secondary N) is 1. The number of benzene rings is 2. The first-order valence-corrected chi connectivity index (χ1v) is 7.02. The van der Waals surface area contributed by atoms with Gasteiger partial charge in [-0.2, -0.15) is 0 Å². The third-order valence-electron chi connectivity index (χ3n) is 2.90. The number of halogens is 2. The average Bonchev–Trinajstić information content (AvgIpc) is 2.54. The maximum atomic E-state index is 14.7. The zero-order chi connectivity index (χ0) is 17.0. The molecule has 0 saturated carbocycles. The molecular weight excluding hydrogens is 343 g/mol. The van der Waals surface area contributed by atoms with Crippen molar-refractivity contribution >= 4 is 47.3 Å². The molecule has 0 heterocycles. The quantitative estimate of drug-likeness (QED) is 0.259. The zero-order valence-electron chi connectivity index (χ0n) is 11.7. The largest absolute Gasteiger partial charge is 0.465 e. The molecule has 0 atom stereocenters. The van der Waals surface area contributed by atoms with Crippen molar-refractivity contribution in [3.05, 3.63) is 57.2 Å². The summed E-state index contributed by atoms with van der Waals surface area (Å²) in [5.74, 6) is -1.71. The van der Waals surface area contributed by atoms with Crippen LogP contribution in [0.1, 0.15) is 10.4 Å². The Bertz CT molecular complexity index is 825. The molecule has 0 unspecified atom stereocenters. The molecule has 1 N–H and O–H groups in total.